The van der Waals surface area contributed by atoms with Gasteiger partial charge < -0.3 is 9.94 Å². The van der Waals surface area contributed by atoms with E-state index in [0.717, 1.165) is 57.8 Å². The Labute approximate surface area is 170 Å². The average molecular weight is 435 g/mol. The van der Waals surface area contributed by atoms with Gasteiger partial charge in [-0.15, -0.1) is 5.06 Å². The first kappa shape index (κ1) is 25.0. The van der Waals surface area contributed by atoms with E-state index in [1.54, 1.807) is 0 Å². The number of imide groups is 1. The quantitative estimate of drug-likeness (QED) is 0.224. The van der Waals surface area contributed by atoms with Crippen molar-refractivity contribution in [1.82, 2.24) is 5.06 Å². The second-order valence-corrected chi connectivity index (χ2v) is 8.73. The van der Waals surface area contributed by atoms with Gasteiger partial charge in [-0.2, -0.15) is 8.42 Å². The highest BCUT2D eigenvalue weighted by molar-refractivity contribution is 7.87. The molecule has 1 aliphatic rings. The van der Waals surface area contributed by atoms with E-state index in [1.807, 2.05) is 0 Å². The molecule has 0 bridgehead atoms. The van der Waals surface area contributed by atoms with E-state index in [0.29, 0.717) is 6.42 Å². The van der Waals surface area contributed by atoms with Gasteiger partial charge in [-0.1, -0.05) is 51.4 Å². The number of hydrogen-bond donors (Lipinski definition) is 2. The third-order valence-corrected chi connectivity index (χ3v) is 5.72. The first-order valence-corrected chi connectivity index (χ1v) is 11.4. The van der Waals surface area contributed by atoms with Crippen molar-refractivity contribution in [3.8, 4) is 0 Å². The van der Waals surface area contributed by atoms with Gasteiger partial charge in [-0.25, -0.2) is 4.79 Å². The Morgan fingerprint density at radius 1 is 0.897 bits per heavy atom. The fourth-order valence-corrected chi connectivity index (χ4v) is 3.72. The molecule has 2 amide bonds. The van der Waals surface area contributed by atoms with Crippen molar-refractivity contribution < 1.29 is 42.1 Å². The average Bonchev–Trinajstić information content (AvgIpc) is 2.90. The molecule has 0 spiro atoms. The summed E-state index contributed by atoms with van der Waals surface area (Å²) in [5.74, 6) is -3.79. The molecule has 0 aliphatic carbocycles. The number of carbonyl (C=O) groups is 4. The van der Waals surface area contributed by atoms with E-state index in [2.05, 4.69) is 4.84 Å². The summed E-state index contributed by atoms with van der Waals surface area (Å²) in [6.07, 6.45) is 8.64. The Morgan fingerprint density at radius 3 is 1.76 bits per heavy atom. The zero-order valence-electron chi connectivity index (χ0n) is 16.4. The predicted octanol–water partition coefficient (Wildman–Crippen LogP) is 2.23. The van der Waals surface area contributed by atoms with Crippen LogP contribution in [0.1, 0.15) is 83.5 Å². The van der Waals surface area contributed by atoms with Gasteiger partial charge in [0.25, 0.3) is 21.9 Å². The summed E-state index contributed by atoms with van der Waals surface area (Å²) < 4.78 is 31.0. The lowest BCUT2D eigenvalue weighted by atomic mass is 10.1. The monoisotopic (exact) mass is 435 g/mol. The Bertz CT molecular complexity index is 689. The molecular weight excluding hydrogens is 406 g/mol. The SMILES string of the molecule is O=C(O)CCCCCCCCCCCCC(=O)ON1C(=O)CC(S(=O)(=O)O)C1=O. The van der Waals surface area contributed by atoms with Crippen LogP contribution in [0.3, 0.4) is 0 Å². The third kappa shape index (κ3) is 9.84. The standard InChI is InChI=1S/C18H29NO9S/c20-15-13-14(29(25,26)27)18(24)19(15)28-17(23)12-10-8-6-4-2-1-3-5-7-9-11-16(21)22/h14H,1-13H2,(H,21,22)(H,25,26,27). The van der Waals surface area contributed by atoms with Crippen LogP contribution in [0.25, 0.3) is 0 Å². The van der Waals surface area contributed by atoms with E-state index in [1.165, 1.54) is 0 Å². The van der Waals surface area contributed by atoms with Crippen LogP contribution in [-0.4, -0.2) is 52.1 Å². The van der Waals surface area contributed by atoms with Crippen LogP contribution < -0.4 is 0 Å². The van der Waals surface area contributed by atoms with Gasteiger partial charge in [0.2, 0.25) is 0 Å². The fraction of sp³-hybridized carbons (Fsp3) is 0.778. The van der Waals surface area contributed by atoms with E-state index in [9.17, 15) is 27.6 Å². The van der Waals surface area contributed by atoms with E-state index < -0.39 is 45.5 Å². The maximum Gasteiger partial charge on any atom is 0.333 e. The first-order chi connectivity index (χ1) is 13.6. The van der Waals surface area contributed by atoms with Gasteiger partial charge in [0.15, 0.2) is 5.25 Å². The molecule has 1 fully saturated rings. The number of rotatable bonds is 15. The summed E-state index contributed by atoms with van der Waals surface area (Å²) >= 11 is 0. The van der Waals surface area contributed by atoms with E-state index in [-0.39, 0.29) is 17.9 Å². The van der Waals surface area contributed by atoms with Crippen molar-refractivity contribution >= 4 is 33.9 Å². The zero-order valence-corrected chi connectivity index (χ0v) is 17.2. The molecule has 1 atom stereocenters. The summed E-state index contributed by atoms with van der Waals surface area (Å²) in [4.78, 5) is 50.1. The van der Waals surface area contributed by atoms with Crippen molar-refractivity contribution in [2.45, 2.75) is 88.7 Å². The highest BCUT2D eigenvalue weighted by Crippen LogP contribution is 2.20. The lowest BCUT2D eigenvalue weighted by Gasteiger charge is -2.13. The number of unbranched alkanes of at least 4 members (excludes halogenated alkanes) is 9. The van der Waals surface area contributed by atoms with Crippen LogP contribution in [0.15, 0.2) is 0 Å². The molecule has 1 rings (SSSR count). The number of amides is 2. The van der Waals surface area contributed by atoms with E-state index in [4.69, 9.17) is 9.66 Å². The minimum Gasteiger partial charge on any atom is -0.481 e. The van der Waals surface area contributed by atoms with Crippen molar-refractivity contribution in [3.63, 3.8) is 0 Å². The molecule has 29 heavy (non-hydrogen) atoms. The molecule has 0 aromatic heterocycles. The number of hydroxylamine groups is 2. The van der Waals surface area contributed by atoms with Gasteiger partial charge in [-0.3, -0.25) is 18.9 Å². The molecule has 0 aromatic carbocycles. The topological polar surface area (TPSA) is 155 Å². The second-order valence-electron chi connectivity index (χ2n) is 7.13. The van der Waals surface area contributed by atoms with Crippen molar-refractivity contribution in [1.29, 1.82) is 0 Å². The number of aliphatic carboxylic acids is 1. The second kappa shape index (κ2) is 12.5. The van der Waals surface area contributed by atoms with Gasteiger partial charge >= 0.3 is 11.9 Å². The third-order valence-electron chi connectivity index (χ3n) is 4.64. The van der Waals surface area contributed by atoms with Crippen LogP contribution in [-0.2, 0) is 34.1 Å². The van der Waals surface area contributed by atoms with E-state index >= 15 is 0 Å². The molecule has 1 unspecified atom stereocenters. The number of carbonyl (C=O) groups excluding carboxylic acids is 3. The van der Waals surface area contributed by atoms with Crippen LogP contribution in [0.2, 0.25) is 0 Å². The molecule has 0 radical (unpaired) electrons. The highest BCUT2D eigenvalue weighted by atomic mass is 32.2. The minimum atomic E-state index is -4.72. The summed E-state index contributed by atoms with van der Waals surface area (Å²) in [6.45, 7) is 0. The summed E-state index contributed by atoms with van der Waals surface area (Å²) in [7, 11) is -4.72. The smallest absolute Gasteiger partial charge is 0.333 e. The molecule has 166 valence electrons. The Morgan fingerprint density at radius 2 is 1.34 bits per heavy atom. The number of carboxylic acids is 1. The van der Waals surface area contributed by atoms with Gasteiger partial charge in [0.05, 0.1) is 6.42 Å². The number of nitrogens with zero attached hydrogens (tertiary/aromatic N) is 1. The molecule has 0 saturated carbocycles. The first-order valence-electron chi connectivity index (χ1n) is 9.88. The normalized spacial score (nSPS) is 17.0. The zero-order chi connectivity index (χ0) is 21.9. The van der Waals surface area contributed by atoms with Crippen LogP contribution in [0, 0.1) is 0 Å². The molecule has 10 nitrogen and oxygen atoms in total. The summed E-state index contributed by atoms with van der Waals surface area (Å²) in [5, 5.41) is 6.74. The maximum atomic E-state index is 11.8. The minimum absolute atomic E-state index is 0.00280. The lowest BCUT2D eigenvalue weighted by Crippen LogP contribution is -2.36. The van der Waals surface area contributed by atoms with Gasteiger partial charge in [0, 0.05) is 12.8 Å². The molecular formula is C18H29NO9S. The fourth-order valence-electron chi connectivity index (χ4n) is 3.02. The number of carboxylic acid groups (broad SMARTS) is 1. The molecule has 0 aromatic rings. The van der Waals surface area contributed by atoms with Crippen molar-refractivity contribution in [2.75, 3.05) is 0 Å². The molecule has 1 aliphatic heterocycles. The summed E-state index contributed by atoms with van der Waals surface area (Å²) in [5.41, 5.74) is 0. The molecule has 11 heteroatoms. The Kier molecular flexibility index (Phi) is 10.8. The van der Waals surface area contributed by atoms with Crippen LogP contribution in [0.5, 0.6) is 0 Å². The van der Waals surface area contributed by atoms with Crippen molar-refractivity contribution in [2.24, 2.45) is 0 Å². The van der Waals surface area contributed by atoms with Gasteiger partial charge in [0.1, 0.15) is 0 Å². The molecule has 1 heterocycles. The lowest BCUT2D eigenvalue weighted by molar-refractivity contribution is -0.197. The maximum absolute atomic E-state index is 11.8. The summed E-state index contributed by atoms with van der Waals surface area (Å²) in [6, 6.07) is 0. The molecule has 2 N–H and O–H groups in total. The highest BCUT2D eigenvalue weighted by Gasteiger charge is 2.48. The molecule has 1 saturated heterocycles. The van der Waals surface area contributed by atoms with Crippen molar-refractivity contribution in [3.05, 3.63) is 0 Å². The largest absolute Gasteiger partial charge is 0.481 e. The number of hydrogen-bond acceptors (Lipinski definition) is 7. The van der Waals surface area contributed by atoms with Crippen LogP contribution >= 0.6 is 0 Å². The Balaban J connectivity index is 2.05. The van der Waals surface area contributed by atoms with Crippen LogP contribution in [0.4, 0.5) is 0 Å². The Hall–Kier alpha value is -2.01. The predicted molar refractivity (Wildman–Crippen MR) is 101 cm³/mol. The van der Waals surface area contributed by atoms with Gasteiger partial charge in [-0.05, 0) is 12.8 Å².